The Morgan fingerprint density at radius 1 is 1.35 bits per heavy atom. The van der Waals surface area contributed by atoms with Gasteiger partial charge in [-0.2, -0.15) is 0 Å². The molecule has 0 saturated heterocycles. The van der Waals surface area contributed by atoms with Crippen molar-refractivity contribution in [2.24, 2.45) is 5.18 Å². The number of nitrogens with zero attached hydrogens (tertiary/aromatic N) is 1. The topological polar surface area (TPSA) is 87.0 Å². The number of rotatable bonds is 5. The summed E-state index contributed by atoms with van der Waals surface area (Å²) in [7, 11) is 0. The first kappa shape index (κ1) is 12.9. The zero-order valence-electron chi connectivity index (χ0n) is 9.38. The first-order chi connectivity index (χ1) is 8.04. The summed E-state index contributed by atoms with van der Waals surface area (Å²) in [4.78, 5) is 20.7. The SMILES string of the molecule is Cc1cccc(CC/C(O)=C(\N=O)C(=O)O)c1. The lowest BCUT2D eigenvalue weighted by Gasteiger charge is -2.03. The predicted octanol–water partition coefficient (Wildman–Crippen LogP) is 2.55. The summed E-state index contributed by atoms with van der Waals surface area (Å²) in [5, 5.41) is 20.3. The van der Waals surface area contributed by atoms with Crippen LogP contribution in [0.5, 0.6) is 0 Å². The Hall–Kier alpha value is -2.17. The number of hydrogen-bond acceptors (Lipinski definition) is 4. The molecule has 2 N–H and O–H groups in total. The Kier molecular flexibility index (Phi) is 4.39. The number of allylic oxidation sites excluding steroid dienone is 1. The molecule has 0 unspecified atom stereocenters. The molecule has 0 fully saturated rings. The quantitative estimate of drug-likeness (QED) is 0.466. The van der Waals surface area contributed by atoms with Crippen LogP contribution in [0.15, 0.2) is 40.9 Å². The number of nitroso groups, excluding NO2 is 1. The van der Waals surface area contributed by atoms with Gasteiger partial charge in [-0.15, -0.1) is 4.91 Å². The maximum absolute atomic E-state index is 10.5. The van der Waals surface area contributed by atoms with Crippen molar-refractivity contribution in [1.82, 2.24) is 0 Å². The van der Waals surface area contributed by atoms with Crippen molar-refractivity contribution in [2.45, 2.75) is 19.8 Å². The average Bonchev–Trinajstić information content (AvgIpc) is 2.27. The number of aliphatic carboxylic acids is 1. The average molecular weight is 235 g/mol. The van der Waals surface area contributed by atoms with E-state index < -0.39 is 17.4 Å². The van der Waals surface area contributed by atoms with Crippen molar-refractivity contribution in [3.63, 3.8) is 0 Å². The number of carbonyl (C=O) groups is 1. The second-order valence-electron chi connectivity index (χ2n) is 3.68. The summed E-state index contributed by atoms with van der Waals surface area (Å²) in [5.41, 5.74) is 1.22. The van der Waals surface area contributed by atoms with Crippen LogP contribution in [0.4, 0.5) is 0 Å². The summed E-state index contributed by atoms with van der Waals surface area (Å²) in [6.45, 7) is 1.94. The van der Waals surface area contributed by atoms with Crippen LogP contribution in [0.25, 0.3) is 0 Å². The third kappa shape index (κ3) is 3.71. The Balaban J connectivity index is 2.74. The summed E-state index contributed by atoms with van der Waals surface area (Å²) in [5.74, 6) is -2.00. The van der Waals surface area contributed by atoms with Gasteiger partial charge in [-0.25, -0.2) is 4.79 Å². The van der Waals surface area contributed by atoms with Crippen LogP contribution in [0, 0.1) is 11.8 Å². The molecule has 0 aliphatic rings. The molecule has 5 nitrogen and oxygen atoms in total. The molecule has 0 spiro atoms. The van der Waals surface area contributed by atoms with E-state index >= 15 is 0 Å². The summed E-state index contributed by atoms with van der Waals surface area (Å²) >= 11 is 0. The number of aliphatic hydroxyl groups excluding tert-OH is 1. The molecule has 0 bridgehead atoms. The largest absolute Gasteiger partial charge is 0.510 e. The third-order valence-corrected chi connectivity index (χ3v) is 2.30. The Labute approximate surface area is 98.4 Å². The van der Waals surface area contributed by atoms with E-state index in [4.69, 9.17) is 5.11 Å². The van der Waals surface area contributed by atoms with Crippen LogP contribution in [-0.4, -0.2) is 16.2 Å². The fourth-order valence-corrected chi connectivity index (χ4v) is 1.46. The number of carboxylic acid groups (broad SMARTS) is 1. The van der Waals surface area contributed by atoms with Gasteiger partial charge in [-0.1, -0.05) is 29.8 Å². The molecule has 0 aliphatic carbocycles. The zero-order valence-corrected chi connectivity index (χ0v) is 9.38. The second-order valence-corrected chi connectivity index (χ2v) is 3.68. The van der Waals surface area contributed by atoms with Gasteiger partial charge in [0, 0.05) is 6.42 Å². The minimum Gasteiger partial charge on any atom is -0.510 e. The van der Waals surface area contributed by atoms with E-state index in [1.165, 1.54) is 0 Å². The Bertz CT molecular complexity index is 465. The van der Waals surface area contributed by atoms with Crippen LogP contribution in [0.2, 0.25) is 0 Å². The first-order valence-electron chi connectivity index (χ1n) is 5.09. The van der Waals surface area contributed by atoms with Gasteiger partial charge in [0.25, 0.3) is 0 Å². The highest BCUT2D eigenvalue weighted by Crippen LogP contribution is 2.13. The van der Waals surface area contributed by atoms with Crippen molar-refractivity contribution in [2.75, 3.05) is 0 Å². The van der Waals surface area contributed by atoms with Gasteiger partial charge in [0.15, 0.2) is 0 Å². The minimum absolute atomic E-state index is 0.0802. The van der Waals surface area contributed by atoms with Crippen molar-refractivity contribution in [3.05, 3.63) is 51.8 Å². The van der Waals surface area contributed by atoms with E-state index in [9.17, 15) is 14.8 Å². The maximum atomic E-state index is 10.5. The first-order valence-corrected chi connectivity index (χ1v) is 5.09. The molecular formula is C12H13NO4. The lowest BCUT2D eigenvalue weighted by Crippen LogP contribution is -2.03. The van der Waals surface area contributed by atoms with Crippen LogP contribution in [0.3, 0.4) is 0 Å². The molecule has 1 aromatic rings. The van der Waals surface area contributed by atoms with Gasteiger partial charge >= 0.3 is 5.97 Å². The minimum atomic E-state index is -1.51. The van der Waals surface area contributed by atoms with Crippen LogP contribution in [-0.2, 0) is 11.2 Å². The number of aliphatic hydroxyl groups is 1. The van der Waals surface area contributed by atoms with E-state index in [2.05, 4.69) is 5.18 Å². The number of aryl methyl sites for hydroxylation is 2. The molecule has 0 heterocycles. The number of carboxylic acids is 1. The van der Waals surface area contributed by atoms with Gasteiger partial charge in [0.2, 0.25) is 5.70 Å². The standard InChI is InChI=1S/C12H13NO4/c1-8-3-2-4-9(7-8)5-6-10(14)11(13-17)12(15)16/h2-4,7,14H,5-6H2,1H3,(H,15,16)/b11-10+. The van der Waals surface area contributed by atoms with Gasteiger partial charge in [-0.05, 0) is 24.1 Å². The molecule has 17 heavy (non-hydrogen) atoms. The molecule has 1 rings (SSSR count). The van der Waals surface area contributed by atoms with Crippen molar-refractivity contribution >= 4 is 5.97 Å². The van der Waals surface area contributed by atoms with Gasteiger partial charge < -0.3 is 10.2 Å². The summed E-state index contributed by atoms with van der Waals surface area (Å²) in [6, 6.07) is 7.62. The normalized spacial score (nSPS) is 11.8. The smallest absolute Gasteiger partial charge is 0.361 e. The van der Waals surface area contributed by atoms with Crippen molar-refractivity contribution < 1.29 is 15.0 Å². The lowest BCUT2D eigenvalue weighted by molar-refractivity contribution is -0.132. The van der Waals surface area contributed by atoms with Crippen LogP contribution < -0.4 is 0 Å². The molecule has 5 heteroatoms. The van der Waals surface area contributed by atoms with Crippen molar-refractivity contribution in [1.29, 1.82) is 0 Å². The number of benzene rings is 1. The van der Waals surface area contributed by atoms with E-state index in [0.717, 1.165) is 11.1 Å². The van der Waals surface area contributed by atoms with E-state index in [0.29, 0.717) is 6.42 Å². The molecular weight excluding hydrogens is 222 g/mol. The van der Waals surface area contributed by atoms with Crippen LogP contribution >= 0.6 is 0 Å². The van der Waals surface area contributed by atoms with E-state index in [-0.39, 0.29) is 6.42 Å². The highest BCUT2D eigenvalue weighted by atomic mass is 16.4. The molecule has 1 aromatic carbocycles. The van der Waals surface area contributed by atoms with Gasteiger partial charge in [-0.3, -0.25) is 0 Å². The molecule has 0 atom stereocenters. The molecule has 0 saturated carbocycles. The molecule has 0 aromatic heterocycles. The zero-order chi connectivity index (χ0) is 12.8. The summed E-state index contributed by atoms with van der Waals surface area (Å²) < 4.78 is 0. The van der Waals surface area contributed by atoms with Crippen molar-refractivity contribution in [3.8, 4) is 0 Å². The third-order valence-electron chi connectivity index (χ3n) is 2.30. The summed E-state index contributed by atoms with van der Waals surface area (Å²) in [6.07, 6.45) is 0.538. The highest BCUT2D eigenvalue weighted by Gasteiger charge is 2.14. The fraction of sp³-hybridized carbons (Fsp3) is 0.250. The monoisotopic (exact) mass is 235 g/mol. The van der Waals surface area contributed by atoms with Gasteiger partial charge in [0.1, 0.15) is 5.76 Å². The fourth-order valence-electron chi connectivity index (χ4n) is 1.46. The van der Waals surface area contributed by atoms with Gasteiger partial charge in [0.05, 0.1) is 0 Å². The molecule has 0 radical (unpaired) electrons. The molecule has 0 amide bonds. The van der Waals surface area contributed by atoms with E-state index in [1.807, 2.05) is 31.2 Å². The molecule has 90 valence electrons. The highest BCUT2D eigenvalue weighted by molar-refractivity contribution is 5.86. The second kappa shape index (κ2) is 5.79. The molecule has 0 aliphatic heterocycles. The Morgan fingerprint density at radius 2 is 2.06 bits per heavy atom. The maximum Gasteiger partial charge on any atom is 0.361 e. The Morgan fingerprint density at radius 3 is 2.59 bits per heavy atom. The number of hydrogen-bond donors (Lipinski definition) is 2. The lowest BCUT2D eigenvalue weighted by atomic mass is 10.1. The van der Waals surface area contributed by atoms with Crippen LogP contribution in [0.1, 0.15) is 17.5 Å². The predicted molar refractivity (Wildman–Crippen MR) is 62.6 cm³/mol. The van der Waals surface area contributed by atoms with E-state index in [1.54, 1.807) is 0 Å².